The summed E-state index contributed by atoms with van der Waals surface area (Å²) in [5, 5.41) is 19.7. The molecule has 0 N–H and O–H groups in total. The van der Waals surface area contributed by atoms with E-state index in [1.54, 1.807) is 30.5 Å². The van der Waals surface area contributed by atoms with Gasteiger partial charge in [-0.1, -0.05) is 24.3 Å². The molecule has 0 aliphatic carbocycles. The molecule has 0 bridgehead atoms. The maximum absolute atomic E-state index is 13.2. The summed E-state index contributed by atoms with van der Waals surface area (Å²) in [6.45, 7) is 0.209. The third-order valence-corrected chi connectivity index (χ3v) is 5.92. The quantitative estimate of drug-likeness (QED) is 0.211. The predicted molar refractivity (Wildman–Crippen MR) is 134 cm³/mol. The molecule has 172 valence electrons. The smallest absolute Gasteiger partial charge is 0.270 e. The van der Waals surface area contributed by atoms with Crippen molar-refractivity contribution in [3.63, 3.8) is 0 Å². The van der Waals surface area contributed by atoms with Gasteiger partial charge in [-0.25, -0.2) is 0 Å². The van der Waals surface area contributed by atoms with Crippen molar-refractivity contribution in [2.75, 3.05) is 19.0 Å². The van der Waals surface area contributed by atoms with Crippen molar-refractivity contribution >= 4 is 46.5 Å². The molecule has 34 heavy (non-hydrogen) atoms. The summed E-state index contributed by atoms with van der Waals surface area (Å²) in [5.74, 6) is 0.406. The van der Waals surface area contributed by atoms with Crippen LogP contribution in [0.1, 0.15) is 16.9 Å². The first-order valence-electron chi connectivity index (χ1n) is 10.3. The summed E-state index contributed by atoms with van der Waals surface area (Å²) in [7, 11) is 3.93. The fraction of sp³-hybridized carbons (Fsp3) is 0.125. The van der Waals surface area contributed by atoms with Crippen LogP contribution in [0.15, 0.2) is 86.5 Å². The molecule has 0 atom stereocenters. The van der Waals surface area contributed by atoms with Gasteiger partial charge in [-0.05, 0) is 47.7 Å². The number of nitrogens with zero attached hydrogens (tertiary/aromatic N) is 5. The Morgan fingerprint density at radius 2 is 1.91 bits per heavy atom. The minimum Gasteiger partial charge on any atom is -0.467 e. The SMILES string of the molecule is CN(C)c1ccc(/C=C2\S/C(=N/N=C\c3cccc([N+](=O)[O-])c3)N(Cc3ccco3)C2=O)cc1. The molecule has 2 heterocycles. The van der Waals surface area contributed by atoms with Crippen LogP contribution < -0.4 is 4.90 Å². The average molecular weight is 476 g/mol. The zero-order chi connectivity index (χ0) is 24.1. The van der Waals surface area contributed by atoms with Crippen molar-refractivity contribution in [3.05, 3.63) is 98.8 Å². The van der Waals surface area contributed by atoms with Gasteiger partial charge in [0.15, 0.2) is 5.17 Å². The number of rotatable bonds is 7. The summed E-state index contributed by atoms with van der Waals surface area (Å²) in [5.41, 5.74) is 2.44. The lowest BCUT2D eigenvalue weighted by Crippen LogP contribution is -2.28. The molecule has 1 aromatic heterocycles. The topological polar surface area (TPSA) is 105 Å². The van der Waals surface area contributed by atoms with E-state index in [1.165, 1.54) is 35.0 Å². The monoisotopic (exact) mass is 475 g/mol. The Kier molecular flexibility index (Phi) is 6.88. The van der Waals surface area contributed by atoms with Gasteiger partial charge in [0.25, 0.3) is 11.6 Å². The number of amidine groups is 1. The Balaban J connectivity index is 1.60. The molecule has 4 rings (SSSR count). The van der Waals surface area contributed by atoms with Crippen LogP contribution >= 0.6 is 11.8 Å². The highest BCUT2D eigenvalue weighted by Gasteiger charge is 2.34. The molecule has 1 aliphatic rings. The second-order valence-corrected chi connectivity index (χ2v) is 8.56. The van der Waals surface area contributed by atoms with Gasteiger partial charge in [-0.15, -0.1) is 5.10 Å². The van der Waals surface area contributed by atoms with E-state index < -0.39 is 4.92 Å². The van der Waals surface area contributed by atoms with Crippen molar-refractivity contribution in [2.24, 2.45) is 10.2 Å². The number of benzene rings is 2. The molecule has 0 unspecified atom stereocenters. The number of hydrogen-bond donors (Lipinski definition) is 0. The Morgan fingerprint density at radius 1 is 1.12 bits per heavy atom. The number of carbonyl (C=O) groups excluding carboxylic acids is 1. The van der Waals surface area contributed by atoms with Crippen LogP contribution in [0.3, 0.4) is 0 Å². The van der Waals surface area contributed by atoms with Gasteiger partial charge in [-0.3, -0.25) is 19.8 Å². The highest BCUT2D eigenvalue weighted by Crippen LogP contribution is 2.34. The summed E-state index contributed by atoms with van der Waals surface area (Å²) < 4.78 is 5.41. The molecule has 0 spiro atoms. The number of amides is 1. The van der Waals surface area contributed by atoms with Crippen LogP contribution in [-0.2, 0) is 11.3 Å². The largest absolute Gasteiger partial charge is 0.467 e. The maximum atomic E-state index is 13.2. The lowest BCUT2D eigenvalue weighted by Gasteiger charge is -2.12. The number of carbonyl (C=O) groups is 1. The van der Waals surface area contributed by atoms with Gasteiger partial charge < -0.3 is 9.32 Å². The van der Waals surface area contributed by atoms with Crippen LogP contribution in [0.5, 0.6) is 0 Å². The Hall–Kier alpha value is -4.18. The summed E-state index contributed by atoms with van der Waals surface area (Å²) in [4.78, 5) is 27.7. The zero-order valence-electron chi connectivity index (χ0n) is 18.5. The van der Waals surface area contributed by atoms with Crippen LogP contribution in [0, 0.1) is 10.1 Å². The second kappa shape index (κ2) is 10.2. The van der Waals surface area contributed by atoms with Crippen molar-refractivity contribution in [1.29, 1.82) is 0 Å². The molecular weight excluding hydrogens is 454 g/mol. The predicted octanol–water partition coefficient (Wildman–Crippen LogP) is 4.76. The molecule has 0 saturated carbocycles. The molecule has 1 amide bonds. The summed E-state index contributed by atoms with van der Waals surface area (Å²) >= 11 is 1.21. The average Bonchev–Trinajstić information content (AvgIpc) is 3.44. The van der Waals surface area contributed by atoms with Crippen LogP contribution in [-0.4, -0.2) is 41.2 Å². The van der Waals surface area contributed by atoms with Gasteiger partial charge in [0.2, 0.25) is 0 Å². The molecule has 1 saturated heterocycles. The van der Waals surface area contributed by atoms with E-state index in [-0.39, 0.29) is 18.1 Å². The van der Waals surface area contributed by atoms with Gasteiger partial charge in [0.05, 0.1) is 28.9 Å². The van der Waals surface area contributed by atoms with E-state index in [9.17, 15) is 14.9 Å². The third-order valence-electron chi connectivity index (χ3n) is 4.92. The van der Waals surface area contributed by atoms with E-state index >= 15 is 0 Å². The van der Waals surface area contributed by atoms with E-state index in [0.717, 1.165) is 11.3 Å². The van der Waals surface area contributed by atoms with Crippen LogP contribution in [0.4, 0.5) is 11.4 Å². The summed E-state index contributed by atoms with van der Waals surface area (Å²) in [6, 6.07) is 17.5. The van der Waals surface area contributed by atoms with E-state index in [4.69, 9.17) is 4.42 Å². The van der Waals surface area contributed by atoms with Crippen molar-refractivity contribution in [1.82, 2.24) is 4.90 Å². The number of furan rings is 1. The summed E-state index contributed by atoms with van der Waals surface area (Å²) in [6.07, 6.45) is 4.77. The standard InChI is InChI=1S/C24H21N5O4S/c1-27(2)19-10-8-17(9-11-19)14-22-23(30)28(16-21-7-4-12-33-21)24(34-22)26-25-15-18-5-3-6-20(13-18)29(31)32/h3-15H,16H2,1-2H3/b22-14-,25-15-,26-24+. The molecular formula is C24H21N5O4S. The Morgan fingerprint density at radius 3 is 2.59 bits per heavy atom. The number of non-ortho nitro benzene ring substituents is 1. The lowest BCUT2D eigenvalue weighted by atomic mass is 10.2. The highest BCUT2D eigenvalue weighted by molar-refractivity contribution is 8.18. The molecule has 3 aromatic rings. The number of nitro benzene ring substituents is 1. The van der Waals surface area contributed by atoms with E-state index in [1.807, 2.05) is 49.3 Å². The highest BCUT2D eigenvalue weighted by atomic mass is 32.2. The number of thioether (sulfide) groups is 1. The molecule has 1 aliphatic heterocycles. The van der Waals surface area contributed by atoms with Gasteiger partial charge in [-0.2, -0.15) is 5.10 Å². The van der Waals surface area contributed by atoms with Crippen molar-refractivity contribution in [2.45, 2.75) is 6.54 Å². The zero-order valence-corrected chi connectivity index (χ0v) is 19.3. The number of anilines is 1. The van der Waals surface area contributed by atoms with Crippen molar-refractivity contribution < 1.29 is 14.1 Å². The first-order valence-corrected chi connectivity index (χ1v) is 11.1. The van der Waals surface area contributed by atoms with E-state index in [0.29, 0.717) is 21.4 Å². The van der Waals surface area contributed by atoms with Crippen molar-refractivity contribution in [3.8, 4) is 0 Å². The molecule has 0 radical (unpaired) electrons. The van der Waals surface area contributed by atoms with Gasteiger partial charge >= 0.3 is 0 Å². The number of hydrogen-bond acceptors (Lipinski definition) is 8. The Bertz CT molecular complexity index is 1280. The second-order valence-electron chi connectivity index (χ2n) is 7.55. The third kappa shape index (κ3) is 5.41. The maximum Gasteiger partial charge on any atom is 0.270 e. The number of nitro groups is 1. The lowest BCUT2D eigenvalue weighted by molar-refractivity contribution is -0.384. The molecule has 9 nitrogen and oxygen atoms in total. The molecule has 10 heteroatoms. The first-order chi connectivity index (χ1) is 16.4. The normalized spacial score (nSPS) is 16.2. The Labute approximate surface area is 200 Å². The minimum absolute atomic E-state index is 0.0352. The fourth-order valence-corrected chi connectivity index (χ4v) is 4.10. The molecule has 1 fully saturated rings. The van der Waals surface area contributed by atoms with Gasteiger partial charge in [0.1, 0.15) is 5.76 Å². The first kappa shape index (κ1) is 23.0. The van der Waals surface area contributed by atoms with Gasteiger partial charge in [0, 0.05) is 37.5 Å². The fourth-order valence-electron chi connectivity index (χ4n) is 3.16. The minimum atomic E-state index is -0.470. The van der Waals surface area contributed by atoms with Crippen LogP contribution in [0.25, 0.3) is 6.08 Å². The van der Waals surface area contributed by atoms with Crippen LogP contribution in [0.2, 0.25) is 0 Å². The molecule has 2 aromatic carbocycles. The van der Waals surface area contributed by atoms with E-state index in [2.05, 4.69) is 10.2 Å².